The molecule has 0 atom stereocenters. The molecule has 0 bridgehead atoms. The first-order valence-electron chi connectivity index (χ1n) is 6.81. The predicted molar refractivity (Wildman–Crippen MR) is 78.3 cm³/mol. The Morgan fingerprint density at radius 3 is 2.50 bits per heavy atom. The monoisotopic (exact) mass is 273 g/mol. The van der Waals surface area contributed by atoms with Crippen molar-refractivity contribution in [2.75, 3.05) is 5.32 Å². The lowest BCUT2D eigenvalue weighted by Gasteiger charge is -2.14. The molecule has 1 aliphatic carbocycles. The third-order valence-corrected chi connectivity index (χ3v) is 3.34. The number of amides is 3. The number of allylic oxidation sites excluding steroid dienone is 1. The van der Waals surface area contributed by atoms with E-state index < -0.39 is 5.91 Å². The van der Waals surface area contributed by atoms with E-state index >= 15 is 0 Å². The highest BCUT2D eigenvalue weighted by atomic mass is 16.2. The quantitative estimate of drug-likeness (QED) is 0.791. The Balaban J connectivity index is 1.96. The summed E-state index contributed by atoms with van der Waals surface area (Å²) < 4.78 is 0. The molecule has 0 heterocycles. The number of nitrogens with two attached hydrogens (primary N) is 1. The van der Waals surface area contributed by atoms with Crippen LogP contribution < -0.4 is 16.4 Å². The van der Waals surface area contributed by atoms with Crippen molar-refractivity contribution in [3.05, 3.63) is 41.6 Å². The molecule has 0 unspecified atom stereocenters. The summed E-state index contributed by atoms with van der Waals surface area (Å²) in [6.07, 6.45) is 7.46. The van der Waals surface area contributed by atoms with Crippen molar-refractivity contribution in [1.29, 1.82) is 0 Å². The van der Waals surface area contributed by atoms with Crippen LogP contribution in [0.3, 0.4) is 0 Å². The third-order valence-electron chi connectivity index (χ3n) is 3.34. The maximum absolute atomic E-state index is 11.8. The fraction of sp³-hybridized carbons (Fsp3) is 0.333. The van der Waals surface area contributed by atoms with Crippen molar-refractivity contribution in [1.82, 2.24) is 5.32 Å². The van der Waals surface area contributed by atoms with E-state index in [-0.39, 0.29) is 6.03 Å². The number of nitrogens with one attached hydrogen (secondary N) is 2. The second-order valence-electron chi connectivity index (χ2n) is 4.87. The number of benzene rings is 1. The van der Waals surface area contributed by atoms with Gasteiger partial charge in [0.1, 0.15) is 0 Å². The van der Waals surface area contributed by atoms with E-state index in [0.717, 1.165) is 12.8 Å². The molecule has 1 fully saturated rings. The number of carbonyl (C=O) groups is 2. The van der Waals surface area contributed by atoms with Gasteiger partial charge in [0.25, 0.3) is 5.91 Å². The Morgan fingerprint density at radius 1 is 1.10 bits per heavy atom. The molecule has 0 radical (unpaired) electrons. The van der Waals surface area contributed by atoms with Crippen LogP contribution in [0.25, 0.3) is 0 Å². The van der Waals surface area contributed by atoms with E-state index in [4.69, 9.17) is 5.73 Å². The zero-order valence-corrected chi connectivity index (χ0v) is 11.3. The molecule has 0 aromatic heterocycles. The average Bonchev–Trinajstić information content (AvgIpc) is 2.46. The summed E-state index contributed by atoms with van der Waals surface area (Å²) in [5, 5.41) is 5.34. The van der Waals surface area contributed by atoms with Crippen LogP contribution in [0.1, 0.15) is 42.5 Å². The molecule has 1 aliphatic rings. The van der Waals surface area contributed by atoms with Crippen molar-refractivity contribution in [3.8, 4) is 0 Å². The molecule has 0 spiro atoms. The number of para-hydroxylation sites is 1. The third kappa shape index (κ3) is 3.85. The van der Waals surface area contributed by atoms with E-state index in [2.05, 4.69) is 10.6 Å². The molecule has 1 aromatic rings. The van der Waals surface area contributed by atoms with Crippen molar-refractivity contribution in [3.63, 3.8) is 0 Å². The number of anilines is 1. The highest BCUT2D eigenvalue weighted by molar-refractivity contribution is 6.02. The molecule has 1 aromatic carbocycles. The van der Waals surface area contributed by atoms with E-state index in [9.17, 15) is 9.59 Å². The highest BCUT2D eigenvalue weighted by Gasteiger charge is 2.10. The summed E-state index contributed by atoms with van der Waals surface area (Å²) in [4.78, 5) is 23.1. The van der Waals surface area contributed by atoms with Gasteiger partial charge in [-0.3, -0.25) is 4.79 Å². The van der Waals surface area contributed by atoms with Gasteiger partial charge in [-0.05, 0) is 37.8 Å². The Hall–Kier alpha value is -2.30. The number of carbonyl (C=O) groups excluding carboxylic acids is 2. The lowest BCUT2D eigenvalue weighted by Crippen LogP contribution is -2.26. The molecule has 0 saturated heterocycles. The SMILES string of the molecule is NC(=O)c1ccccc1NC(=O)NC=C1CCCCC1. The lowest BCUT2D eigenvalue weighted by molar-refractivity contribution is 0.100. The minimum atomic E-state index is -0.563. The van der Waals surface area contributed by atoms with Gasteiger partial charge in [-0.25, -0.2) is 4.79 Å². The zero-order valence-electron chi connectivity index (χ0n) is 11.3. The number of hydrogen-bond acceptors (Lipinski definition) is 2. The molecule has 3 amide bonds. The normalized spacial score (nSPS) is 14.5. The van der Waals surface area contributed by atoms with Crippen molar-refractivity contribution >= 4 is 17.6 Å². The molecule has 5 nitrogen and oxygen atoms in total. The molecular weight excluding hydrogens is 254 g/mol. The summed E-state index contributed by atoms with van der Waals surface area (Å²) in [5.41, 5.74) is 7.23. The summed E-state index contributed by atoms with van der Waals surface area (Å²) >= 11 is 0. The van der Waals surface area contributed by atoms with Gasteiger partial charge in [-0.15, -0.1) is 0 Å². The van der Waals surface area contributed by atoms with Gasteiger partial charge in [0.15, 0.2) is 0 Å². The van der Waals surface area contributed by atoms with E-state index in [1.807, 2.05) is 0 Å². The molecule has 20 heavy (non-hydrogen) atoms. The van der Waals surface area contributed by atoms with Crippen molar-refractivity contribution in [2.45, 2.75) is 32.1 Å². The van der Waals surface area contributed by atoms with Gasteiger partial charge in [-0.1, -0.05) is 24.1 Å². The summed E-state index contributed by atoms with van der Waals surface area (Å²) in [6.45, 7) is 0. The number of urea groups is 1. The maximum atomic E-state index is 11.8. The van der Waals surface area contributed by atoms with Crippen LogP contribution in [-0.4, -0.2) is 11.9 Å². The van der Waals surface area contributed by atoms with Gasteiger partial charge in [-0.2, -0.15) is 0 Å². The van der Waals surface area contributed by atoms with Crippen LogP contribution in [-0.2, 0) is 0 Å². The predicted octanol–water partition coefficient (Wildman–Crippen LogP) is 2.76. The standard InChI is InChI=1S/C15H19N3O2/c16-14(19)12-8-4-5-9-13(12)18-15(20)17-10-11-6-2-1-3-7-11/h4-5,8-10H,1-3,6-7H2,(H2,16,19)(H2,17,18,20). The molecule has 1 saturated carbocycles. The van der Waals surface area contributed by atoms with Crippen LogP contribution in [0, 0.1) is 0 Å². The van der Waals surface area contributed by atoms with Gasteiger partial charge in [0, 0.05) is 6.20 Å². The molecule has 5 heteroatoms. The van der Waals surface area contributed by atoms with E-state index in [1.54, 1.807) is 30.5 Å². The minimum absolute atomic E-state index is 0.299. The van der Waals surface area contributed by atoms with Crippen LogP contribution in [0.5, 0.6) is 0 Å². The largest absolute Gasteiger partial charge is 0.366 e. The van der Waals surface area contributed by atoms with Gasteiger partial charge < -0.3 is 16.4 Å². The first-order valence-corrected chi connectivity index (χ1v) is 6.81. The summed E-state index contributed by atoms with van der Waals surface area (Å²) in [5.74, 6) is -0.563. The first kappa shape index (κ1) is 14.1. The summed E-state index contributed by atoms with van der Waals surface area (Å²) in [6, 6.07) is 6.30. The van der Waals surface area contributed by atoms with Crippen LogP contribution in [0.4, 0.5) is 10.5 Å². The topological polar surface area (TPSA) is 84.2 Å². The summed E-state index contributed by atoms with van der Waals surface area (Å²) in [7, 11) is 0. The molecule has 106 valence electrons. The Labute approximate surface area is 118 Å². The van der Waals surface area contributed by atoms with Crippen molar-refractivity contribution < 1.29 is 9.59 Å². The smallest absolute Gasteiger partial charge is 0.323 e. The van der Waals surface area contributed by atoms with Crippen LogP contribution in [0.2, 0.25) is 0 Å². The fourth-order valence-electron chi connectivity index (χ4n) is 2.28. The number of primary amides is 1. The van der Waals surface area contributed by atoms with E-state index in [1.165, 1.54) is 24.8 Å². The lowest BCUT2D eigenvalue weighted by atomic mass is 9.96. The minimum Gasteiger partial charge on any atom is -0.366 e. The van der Waals surface area contributed by atoms with Gasteiger partial charge >= 0.3 is 6.03 Å². The second kappa shape index (κ2) is 6.75. The second-order valence-corrected chi connectivity index (χ2v) is 4.87. The average molecular weight is 273 g/mol. The molecule has 0 aliphatic heterocycles. The van der Waals surface area contributed by atoms with E-state index in [0.29, 0.717) is 11.3 Å². The van der Waals surface area contributed by atoms with Gasteiger partial charge in [0.05, 0.1) is 11.3 Å². The zero-order chi connectivity index (χ0) is 14.4. The van der Waals surface area contributed by atoms with Crippen molar-refractivity contribution in [2.24, 2.45) is 5.73 Å². The number of rotatable bonds is 3. The number of hydrogen-bond donors (Lipinski definition) is 3. The Morgan fingerprint density at radius 2 is 1.80 bits per heavy atom. The van der Waals surface area contributed by atoms with Crippen LogP contribution >= 0.6 is 0 Å². The fourth-order valence-corrected chi connectivity index (χ4v) is 2.28. The Bertz CT molecular complexity index is 530. The van der Waals surface area contributed by atoms with Crippen LogP contribution in [0.15, 0.2) is 36.0 Å². The Kier molecular flexibility index (Phi) is 4.76. The first-order chi connectivity index (χ1) is 9.66. The maximum Gasteiger partial charge on any atom is 0.323 e. The molecular formula is C15H19N3O2. The van der Waals surface area contributed by atoms with Gasteiger partial charge in [0.2, 0.25) is 0 Å². The molecule has 4 N–H and O–H groups in total. The molecule has 2 rings (SSSR count). The highest BCUT2D eigenvalue weighted by Crippen LogP contribution is 2.21.